The van der Waals surface area contributed by atoms with Crippen LogP contribution in [0.3, 0.4) is 0 Å². The van der Waals surface area contributed by atoms with Crippen molar-refractivity contribution < 1.29 is 18.0 Å². The number of nitrogens with zero attached hydrogens (tertiary/aromatic N) is 2. The predicted molar refractivity (Wildman–Crippen MR) is 97.6 cm³/mol. The van der Waals surface area contributed by atoms with E-state index in [4.69, 9.17) is 5.73 Å². The standard InChI is InChI=1S/C17H21F3N6O/c1-11-10-14(22-9-3-2-8-21)25-15(23-11)26-16(27)24-13-6-4-12(5-7-13)17(18,19)20/h4-7,10H,2-3,8-9,21H2,1H3,(H3,22,23,24,25,26,27). The average Bonchev–Trinajstić information content (AvgIpc) is 2.58. The first-order chi connectivity index (χ1) is 12.8. The Morgan fingerprint density at radius 3 is 2.44 bits per heavy atom. The maximum atomic E-state index is 12.5. The molecule has 0 fully saturated rings. The first-order valence-corrected chi connectivity index (χ1v) is 8.33. The van der Waals surface area contributed by atoms with Gasteiger partial charge in [0.05, 0.1) is 5.56 Å². The molecular formula is C17H21F3N6O. The molecule has 0 aliphatic heterocycles. The van der Waals surface area contributed by atoms with Crippen LogP contribution in [0.4, 0.5) is 35.4 Å². The number of alkyl halides is 3. The van der Waals surface area contributed by atoms with Crippen LogP contribution in [0.15, 0.2) is 30.3 Å². The van der Waals surface area contributed by atoms with E-state index in [0.29, 0.717) is 24.6 Å². The van der Waals surface area contributed by atoms with Crippen molar-refractivity contribution >= 4 is 23.5 Å². The minimum absolute atomic E-state index is 0.0840. The minimum Gasteiger partial charge on any atom is -0.370 e. The summed E-state index contributed by atoms with van der Waals surface area (Å²) in [6, 6.07) is 5.20. The van der Waals surface area contributed by atoms with E-state index in [1.165, 1.54) is 12.1 Å². The van der Waals surface area contributed by atoms with E-state index in [1.807, 2.05) is 0 Å². The van der Waals surface area contributed by atoms with Gasteiger partial charge in [-0.05, 0) is 50.6 Å². The Kier molecular flexibility index (Phi) is 6.94. The Labute approximate surface area is 154 Å². The summed E-state index contributed by atoms with van der Waals surface area (Å²) in [7, 11) is 0. The van der Waals surface area contributed by atoms with Gasteiger partial charge in [0.15, 0.2) is 0 Å². The van der Waals surface area contributed by atoms with Crippen LogP contribution in [0.25, 0.3) is 0 Å². The lowest BCUT2D eigenvalue weighted by atomic mass is 10.2. The van der Waals surface area contributed by atoms with Crippen molar-refractivity contribution in [3.8, 4) is 0 Å². The van der Waals surface area contributed by atoms with Crippen molar-refractivity contribution in [1.82, 2.24) is 9.97 Å². The van der Waals surface area contributed by atoms with Crippen LogP contribution < -0.4 is 21.7 Å². The topological polar surface area (TPSA) is 105 Å². The van der Waals surface area contributed by atoms with Gasteiger partial charge in [-0.2, -0.15) is 18.2 Å². The van der Waals surface area contributed by atoms with E-state index >= 15 is 0 Å². The minimum atomic E-state index is -4.43. The Balaban J connectivity index is 1.95. The number of rotatable bonds is 7. The number of amides is 2. The molecule has 2 rings (SSSR count). The smallest absolute Gasteiger partial charge is 0.370 e. The van der Waals surface area contributed by atoms with Crippen molar-refractivity contribution in [2.45, 2.75) is 25.9 Å². The summed E-state index contributed by atoms with van der Waals surface area (Å²) >= 11 is 0. The second-order valence-electron chi connectivity index (χ2n) is 5.79. The number of unbranched alkanes of at least 4 members (excludes halogenated alkanes) is 1. The average molecular weight is 382 g/mol. The lowest BCUT2D eigenvalue weighted by Crippen LogP contribution is -2.21. The van der Waals surface area contributed by atoms with E-state index < -0.39 is 17.8 Å². The van der Waals surface area contributed by atoms with Gasteiger partial charge in [0.1, 0.15) is 5.82 Å². The third-order valence-electron chi connectivity index (χ3n) is 3.49. The fourth-order valence-corrected chi connectivity index (χ4v) is 2.21. The molecule has 1 aromatic carbocycles. The highest BCUT2D eigenvalue weighted by molar-refractivity contribution is 5.98. The number of aromatic nitrogens is 2. The number of halogens is 3. The molecule has 1 aromatic heterocycles. The quantitative estimate of drug-likeness (QED) is 0.548. The molecule has 0 aliphatic carbocycles. The second kappa shape index (κ2) is 9.17. The Morgan fingerprint density at radius 1 is 1.11 bits per heavy atom. The number of carbonyl (C=O) groups excluding carboxylic acids is 1. The van der Waals surface area contributed by atoms with E-state index in [9.17, 15) is 18.0 Å². The highest BCUT2D eigenvalue weighted by atomic mass is 19.4. The molecule has 0 saturated carbocycles. The highest BCUT2D eigenvalue weighted by Crippen LogP contribution is 2.29. The molecular weight excluding hydrogens is 361 g/mol. The number of nitrogens with two attached hydrogens (primary N) is 1. The van der Waals surface area contributed by atoms with Gasteiger partial charge in [-0.3, -0.25) is 5.32 Å². The Bertz CT molecular complexity index is 764. The van der Waals surface area contributed by atoms with Crippen molar-refractivity contribution in [2.75, 3.05) is 29.0 Å². The van der Waals surface area contributed by atoms with Crippen LogP contribution in [0.1, 0.15) is 24.1 Å². The molecule has 0 aliphatic rings. The number of hydrogen-bond donors (Lipinski definition) is 4. The van der Waals surface area contributed by atoms with Crippen LogP contribution in [0, 0.1) is 6.92 Å². The molecule has 0 atom stereocenters. The summed E-state index contributed by atoms with van der Waals surface area (Å²) in [6.07, 6.45) is -2.65. The van der Waals surface area contributed by atoms with Gasteiger partial charge in [0.2, 0.25) is 5.95 Å². The largest absolute Gasteiger partial charge is 0.416 e. The third kappa shape index (κ3) is 6.74. The SMILES string of the molecule is Cc1cc(NCCCCN)nc(NC(=O)Nc2ccc(C(F)(F)F)cc2)n1. The number of aryl methyl sites for hydroxylation is 1. The van der Waals surface area contributed by atoms with Gasteiger partial charge < -0.3 is 16.4 Å². The molecule has 10 heteroatoms. The molecule has 27 heavy (non-hydrogen) atoms. The summed E-state index contributed by atoms with van der Waals surface area (Å²) in [5, 5.41) is 8.02. The normalized spacial score (nSPS) is 11.1. The molecule has 146 valence electrons. The summed E-state index contributed by atoms with van der Waals surface area (Å²) in [4.78, 5) is 20.3. The predicted octanol–water partition coefficient (Wildman–Crippen LogP) is 3.60. The molecule has 0 bridgehead atoms. The van der Waals surface area contributed by atoms with Gasteiger partial charge >= 0.3 is 12.2 Å². The zero-order valence-corrected chi connectivity index (χ0v) is 14.7. The molecule has 5 N–H and O–H groups in total. The number of urea groups is 1. The van der Waals surface area contributed by atoms with Gasteiger partial charge in [-0.25, -0.2) is 9.78 Å². The van der Waals surface area contributed by atoms with Gasteiger partial charge in [-0.15, -0.1) is 0 Å². The number of benzene rings is 1. The maximum Gasteiger partial charge on any atom is 0.416 e. The number of carbonyl (C=O) groups is 1. The van der Waals surface area contributed by atoms with Gasteiger partial charge in [0, 0.05) is 24.0 Å². The third-order valence-corrected chi connectivity index (χ3v) is 3.49. The van der Waals surface area contributed by atoms with Crippen molar-refractivity contribution in [3.05, 3.63) is 41.6 Å². The molecule has 2 amide bonds. The first-order valence-electron chi connectivity index (χ1n) is 8.33. The zero-order valence-electron chi connectivity index (χ0n) is 14.7. The first kappa shape index (κ1) is 20.4. The van der Waals surface area contributed by atoms with E-state index in [2.05, 4.69) is 25.9 Å². The molecule has 7 nitrogen and oxygen atoms in total. The van der Waals surface area contributed by atoms with Crippen molar-refractivity contribution in [3.63, 3.8) is 0 Å². The Morgan fingerprint density at radius 2 is 1.81 bits per heavy atom. The van der Waals surface area contributed by atoms with Crippen LogP contribution >= 0.6 is 0 Å². The highest BCUT2D eigenvalue weighted by Gasteiger charge is 2.29. The summed E-state index contributed by atoms with van der Waals surface area (Å²) in [5.41, 5.74) is 5.51. The molecule has 2 aromatic rings. The zero-order chi connectivity index (χ0) is 19.9. The van der Waals surface area contributed by atoms with Crippen LogP contribution in [0.2, 0.25) is 0 Å². The number of anilines is 3. The summed E-state index contributed by atoms with van der Waals surface area (Å²) < 4.78 is 37.6. The van der Waals surface area contributed by atoms with E-state index in [-0.39, 0.29) is 11.6 Å². The molecule has 0 spiro atoms. The van der Waals surface area contributed by atoms with Crippen LogP contribution in [-0.4, -0.2) is 29.1 Å². The van der Waals surface area contributed by atoms with E-state index in [0.717, 1.165) is 25.0 Å². The monoisotopic (exact) mass is 382 g/mol. The van der Waals surface area contributed by atoms with Crippen LogP contribution in [-0.2, 0) is 6.18 Å². The van der Waals surface area contributed by atoms with Gasteiger partial charge in [-0.1, -0.05) is 0 Å². The summed E-state index contributed by atoms with van der Waals surface area (Å²) in [5.74, 6) is 0.644. The molecule has 0 unspecified atom stereocenters. The maximum absolute atomic E-state index is 12.5. The van der Waals surface area contributed by atoms with Crippen molar-refractivity contribution in [2.24, 2.45) is 5.73 Å². The fourth-order valence-electron chi connectivity index (χ4n) is 2.21. The van der Waals surface area contributed by atoms with E-state index in [1.54, 1.807) is 13.0 Å². The lowest BCUT2D eigenvalue weighted by molar-refractivity contribution is -0.137. The number of hydrogen-bond acceptors (Lipinski definition) is 5. The molecule has 1 heterocycles. The lowest BCUT2D eigenvalue weighted by Gasteiger charge is -2.11. The molecule has 0 saturated heterocycles. The summed E-state index contributed by atoms with van der Waals surface area (Å²) in [6.45, 7) is 3.05. The van der Waals surface area contributed by atoms with Crippen molar-refractivity contribution in [1.29, 1.82) is 0 Å². The van der Waals surface area contributed by atoms with Gasteiger partial charge in [0.25, 0.3) is 0 Å². The number of nitrogens with one attached hydrogen (secondary N) is 3. The Hall–Kier alpha value is -2.88. The fraction of sp³-hybridized carbons (Fsp3) is 0.353. The second-order valence-corrected chi connectivity index (χ2v) is 5.79. The van der Waals surface area contributed by atoms with Crippen LogP contribution in [0.5, 0.6) is 0 Å². The molecule has 0 radical (unpaired) electrons.